The lowest BCUT2D eigenvalue weighted by atomic mass is 10.1. The summed E-state index contributed by atoms with van der Waals surface area (Å²) in [6, 6.07) is 3.40. The lowest BCUT2D eigenvalue weighted by Gasteiger charge is -2.26. The smallest absolute Gasteiger partial charge is 0.169 e. The number of ether oxygens (including phenoxy) is 2. The van der Waals surface area contributed by atoms with E-state index < -0.39 is 0 Å². The number of hydrogen-bond donors (Lipinski definition) is 1. The highest BCUT2D eigenvalue weighted by atomic mass is 79.9. The molecule has 0 bridgehead atoms. The van der Waals surface area contributed by atoms with Crippen LogP contribution < -0.4 is 5.73 Å². The molecule has 14 heavy (non-hydrogen) atoms. The molecular formula is C9H12BrNO3. The number of nitrogens with two attached hydrogens (primary N) is 1. The molecule has 1 aliphatic rings. The largest absolute Gasteiger partial charge is 0.453 e. The standard InChI is InChI=1S/C9H12BrNO3/c10-8-2-1-6(14-8)9(11)7-5-12-3-4-13-7/h1-2,7,9H,3-5,11H2. The van der Waals surface area contributed by atoms with Crippen LogP contribution in [0.1, 0.15) is 11.8 Å². The van der Waals surface area contributed by atoms with Gasteiger partial charge >= 0.3 is 0 Å². The molecule has 2 rings (SSSR count). The van der Waals surface area contributed by atoms with Crippen molar-refractivity contribution in [1.29, 1.82) is 0 Å². The Bertz CT molecular complexity index is 296. The Morgan fingerprint density at radius 2 is 2.29 bits per heavy atom. The van der Waals surface area contributed by atoms with E-state index in [1.807, 2.05) is 12.1 Å². The van der Waals surface area contributed by atoms with Crippen LogP contribution in [0.2, 0.25) is 0 Å². The van der Waals surface area contributed by atoms with E-state index >= 15 is 0 Å². The van der Waals surface area contributed by atoms with Gasteiger partial charge in [-0.15, -0.1) is 0 Å². The molecule has 1 saturated heterocycles. The van der Waals surface area contributed by atoms with Crippen molar-refractivity contribution >= 4 is 15.9 Å². The number of rotatable bonds is 2. The highest BCUT2D eigenvalue weighted by molar-refractivity contribution is 9.10. The van der Waals surface area contributed by atoms with E-state index in [1.54, 1.807) is 0 Å². The van der Waals surface area contributed by atoms with Crippen molar-refractivity contribution in [2.24, 2.45) is 5.73 Å². The predicted molar refractivity (Wildman–Crippen MR) is 53.9 cm³/mol. The van der Waals surface area contributed by atoms with Gasteiger partial charge in [-0.25, -0.2) is 0 Å². The molecule has 1 aromatic heterocycles. The fourth-order valence-corrected chi connectivity index (χ4v) is 1.72. The second-order valence-corrected chi connectivity index (χ2v) is 3.93. The van der Waals surface area contributed by atoms with Gasteiger partial charge in [-0.3, -0.25) is 0 Å². The summed E-state index contributed by atoms with van der Waals surface area (Å²) in [6.07, 6.45) is -0.109. The minimum absolute atomic E-state index is 0.109. The lowest BCUT2D eigenvalue weighted by molar-refractivity contribution is -0.0996. The first-order valence-corrected chi connectivity index (χ1v) is 5.27. The molecule has 78 valence electrons. The average molecular weight is 262 g/mol. The predicted octanol–water partition coefficient (Wildman–Crippen LogP) is 1.46. The van der Waals surface area contributed by atoms with Crippen molar-refractivity contribution in [3.05, 3.63) is 22.6 Å². The van der Waals surface area contributed by atoms with Crippen LogP contribution in [0.5, 0.6) is 0 Å². The maximum atomic E-state index is 5.96. The van der Waals surface area contributed by atoms with Crippen LogP contribution in [0.4, 0.5) is 0 Å². The molecule has 4 nitrogen and oxygen atoms in total. The van der Waals surface area contributed by atoms with Crippen molar-refractivity contribution < 1.29 is 13.9 Å². The topological polar surface area (TPSA) is 57.6 Å². The normalized spacial score (nSPS) is 24.9. The van der Waals surface area contributed by atoms with Gasteiger partial charge in [0.2, 0.25) is 0 Å². The molecule has 5 heteroatoms. The van der Waals surface area contributed by atoms with Crippen LogP contribution >= 0.6 is 15.9 Å². The Labute approximate surface area is 90.5 Å². The van der Waals surface area contributed by atoms with Gasteiger partial charge < -0.3 is 19.6 Å². The van der Waals surface area contributed by atoms with E-state index in [-0.39, 0.29) is 12.1 Å². The Balaban J connectivity index is 2.03. The molecular weight excluding hydrogens is 250 g/mol. The monoisotopic (exact) mass is 261 g/mol. The molecule has 0 spiro atoms. The molecule has 1 fully saturated rings. The summed E-state index contributed by atoms with van der Waals surface area (Å²) in [5.41, 5.74) is 5.96. The quantitative estimate of drug-likeness (QED) is 0.876. The zero-order valence-electron chi connectivity index (χ0n) is 7.61. The third-order valence-corrected chi connectivity index (χ3v) is 2.59. The van der Waals surface area contributed by atoms with Crippen LogP contribution in [-0.2, 0) is 9.47 Å². The maximum absolute atomic E-state index is 5.96. The molecule has 0 aromatic carbocycles. The minimum atomic E-state index is -0.262. The second-order valence-electron chi connectivity index (χ2n) is 3.15. The van der Waals surface area contributed by atoms with Gasteiger partial charge in [-0.2, -0.15) is 0 Å². The zero-order valence-corrected chi connectivity index (χ0v) is 9.20. The Morgan fingerprint density at radius 1 is 1.43 bits per heavy atom. The molecule has 2 unspecified atom stereocenters. The maximum Gasteiger partial charge on any atom is 0.169 e. The fourth-order valence-electron chi connectivity index (χ4n) is 1.40. The highest BCUT2D eigenvalue weighted by Crippen LogP contribution is 2.23. The van der Waals surface area contributed by atoms with E-state index in [2.05, 4.69) is 15.9 Å². The van der Waals surface area contributed by atoms with Crippen LogP contribution in [0.3, 0.4) is 0 Å². The van der Waals surface area contributed by atoms with E-state index in [1.165, 1.54) is 0 Å². The number of furan rings is 1. The first kappa shape index (κ1) is 10.2. The van der Waals surface area contributed by atoms with Crippen LogP contribution in [0.25, 0.3) is 0 Å². The molecule has 0 radical (unpaired) electrons. The van der Waals surface area contributed by atoms with Crippen LogP contribution in [-0.4, -0.2) is 25.9 Å². The Morgan fingerprint density at radius 3 is 2.86 bits per heavy atom. The van der Waals surface area contributed by atoms with Gasteiger partial charge in [0.15, 0.2) is 4.67 Å². The summed E-state index contributed by atoms with van der Waals surface area (Å²) in [7, 11) is 0. The van der Waals surface area contributed by atoms with E-state index in [0.29, 0.717) is 30.3 Å². The molecule has 2 N–H and O–H groups in total. The minimum Gasteiger partial charge on any atom is -0.453 e. The fraction of sp³-hybridized carbons (Fsp3) is 0.556. The zero-order chi connectivity index (χ0) is 9.97. The summed E-state index contributed by atoms with van der Waals surface area (Å²) in [6.45, 7) is 1.77. The highest BCUT2D eigenvalue weighted by Gasteiger charge is 2.25. The lowest BCUT2D eigenvalue weighted by Crippen LogP contribution is -2.37. The molecule has 0 aliphatic carbocycles. The first-order valence-electron chi connectivity index (χ1n) is 4.47. The van der Waals surface area contributed by atoms with Crippen molar-refractivity contribution in [1.82, 2.24) is 0 Å². The van der Waals surface area contributed by atoms with Gasteiger partial charge in [0.25, 0.3) is 0 Å². The average Bonchev–Trinajstić information content (AvgIpc) is 2.65. The number of halogens is 1. The van der Waals surface area contributed by atoms with Crippen molar-refractivity contribution in [3.8, 4) is 0 Å². The Hall–Kier alpha value is -0.360. The summed E-state index contributed by atoms with van der Waals surface area (Å²) in [5.74, 6) is 0.715. The Kier molecular flexibility index (Phi) is 3.22. The summed E-state index contributed by atoms with van der Waals surface area (Å²) >= 11 is 3.23. The van der Waals surface area contributed by atoms with Gasteiger partial charge in [-0.1, -0.05) is 0 Å². The molecule has 2 atom stereocenters. The molecule has 2 heterocycles. The second kappa shape index (κ2) is 4.44. The summed E-state index contributed by atoms with van der Waals surface area (Å²) in [4.78, 5) is 0. The van der Waals surface area contributed by atoms with Gasteiger partial charge in [0, 0.05) is 0 Å². The van der Waals surface area contributed by atoms with Gasteiger partial charge in [0.1, 0.15) is 11.9 Å². The summed E-state index contributed by atoms with van der Waals surface area (Å²) < 4.78 is 16.8. The first-order chi connectivity index (χ1) is 6.77. The molecule has 0 saturated carbocycles. The van der Waals surface area contributed by atoms with Crippen LogP contribution in [0.15, 0.2) is 21.2 Å². The van der Waals surface area contributed by atoms with Gasteiger partial charge in [-0.05, 0) is 28.1 Å². The van der Waals surface area contributed by atoms with E-state index in [9.17, 15) is 0 Å². The van der Waals surface area contributed by atoms with E-state index in [4.69, 9.17) is 19.6 Å². The van der Waals surface area contributed by atoms with Crippen molar-refractivity contribution in [2.75, 3.05) is 19.8 Å². The SMILES string of the molecule is NC(c1ccc(Br)o1)C1COCCO1. The molecule has 1 aromatic rings. The van der Waals surface area contributed by atoms with Crippen molar-refractivity contribution in [3.63, 3.8) is 0 Å². The molecule has 1 aliphatic heterocycles. The summed E-state index contributed by atoms with van der Waals surface area (Å²) in [5, 5.41) is 0. The van der Waals surface area contributed by atoms with E-state index in [0.717, 1.165) is 0 Å². The third kappa shape index (κ3) is 2.17. The van der Waals surface area contributed by atoms with Crippen LogP contribution in [0, 0.1) is 0 Å². The van der Waals surface area contributed by atoms with Gasteiger partial charge in [0.05, 0.1) is 25.9 Å². The molecule has 0 amide bonds. The van der Waals surface area contributed by atoms with Crippen molar-refractivity contribution in [2.45, 2.75) is 12.1 Å². The number of hydrogen-bond acceptors (Lipinski definition) is 4. The third-order valence-electron chi connectivity index (χ3n) is 2.16.